The first kappa shape index (κ1) is 33.6. The van der Waals surface area contributed by atoms with Gasteiger partial charge in [0.1, 0.15) is 0 Å². The van der Waals surface area contributed by atoms with Crippen LogP contribution in [0.5, 0.6) is 0 Å². The summed E-state index contributed by atoms with van der Waals surface area (Å²) in [6, 6.07) is 25.0. The third-order valence-corrected chi connectivity index (χ3v) is 12.0. The van der Waals surface area contributed by atoms with Gasteiger partial charge in [0, 0.05) is 6.20 Å². The van der Waals surface area contributed by atoms with Crippen molar-refractivity contribution >= 4 is 15.3 Å². The van der Waals surface area contributed by atoms with Crippen molar-refractivity contribution in [3.05, 3.63) is 95.7 Å². The van der Waals surface area contributed by atoms with Crippen LogP contribution in [0.25, 0.3) is 16.8 Å². The van der Waals surface area contributed by atoms with E-state index in [1.165, 1.54) is 55.2 Å². The first-order valence-corrected chi connectivity index (χ1v) is 18.9. The molecule has 4 aliphatic rings. The normalized spacial score (nSPS) is 32.1. The van der Waals surface area contributed by atoms with E-state index in [0.29, 0.717) is 16.7 Å². The molecule has 0 unspecified atom stereocenters. The molecule has 0 radical (unpaired) electrons. The van der Waals surface area contributed by atoms with Crippen molar-refractivity contribution in [1.29, 1.82) is 0 Å². The topological polar surface area (TPSA) is 33.1 Å². The molecule has 1 aromatic heterocycles. The number of hydrogen-bond acceptors (Lipinski definition) is 2. The molecule has 4 aliphatic carbocycles. The second-order valence-electron chi connectivity index (χ2n) is 14.7. The Morgan fingerprint density at radius 3 is 2.36 bits per heavy atom. The van der Waals surface area contributed by atoms with Crippen LogP contribution in [0.2, 0.25) is 0 Å². The number of allylic oxidation sites excluding steroid dienone is 2. The van der Waals surface area contributed by atoms with Gasteiger partial charge in [-0.1, -0.05) is 81.3 Å². The van der Waals surface area contributed by atoms with Gasteiger partial charge in [0.05, 0.1) is 6.10 Å². The van der Waals surface area contributed by atoms with Crippen LogP contribution in [0.1, 0.15) is 102 Å². The Balaban J connectivity index is 0.000000272. The van der Waals surface area contributed by atoms with Crippen LogP contribution in [0, 0.1) is 47.5 Å². The monoisotopic (exact) mass is 697 g/mol. The molecule has 3 saturated carbocycles. The van der Waals surface area contributed by atoms with Gasteiger partial charge < -0.3 is 10.1 Å². The van der Waals surface area contributed by atoms with Gasteiger partial charge in [-0.25, -0.2) is 0 Å². The predicted octanol–water partition coefficient (Wildman–Crippen LogP) is 10.8. The SMILES string of the molecule is C[C@]12CC[C@H](O)C[C@@H]1CC[C@@H]1[C@@H]2CC[C@]2(C)C(c3c[c-]c(-c4ccccn4)cc3)=CC[C@@H]12.Cc1ccc(C(C)C)cc1.[Cl][Ru+]. The molecule has 44 heavy (non-hydrogen) atoms. The van der Waals surface area contributed by atoms with E-state index in [4.69, 9.17) is 0 Å². The van der Waals surface area contributed by atoms with Crippen LogP contribution in [0.15, 0.2) is 72.9 Å². The summed E-state index contributed by atoms with van der Waals surface area (Å²) in [6.07, 6.45) is 14.2. The Labute approximate surface area is 280 Å². The van der Waals surface area contributed by atoms with Crippen LogP contribution in [-0.4, -0.2) is 16.2 Å². The zero-order chi connectivity index (χ0) is 31.5. The average molecular weight is 697 g/mol. The number of aliphatic hydroxyl groups excluding tert-OH is 1. The molecule has 0 amide bonds. The van der Waals surface area contributed by atoms with Gasteiger partial charge in [-0.15, -0.1) is 35.4 Å². The fraction of sp³-hybridized carbons (Fsp3) is 0.525. The summed E-state index contributed by atoms with van der Waals surface area (Å²) in [5, 5.41) is 10.3. The van der Waals surface area contributed by atoms with E-state index < -0.39 is 0 Å². The molecular weight excluding hydrogens is 647 g/mol. The Bertz CT molecular complexity index is 1390. The van der Waals surface area contributed by atoms with Crippen LogP contribution < -0.4 is 0 Å². The van der Waals surface area contributed by atoms with Gasteiger partial charge in [0.15, 0.2) is 0 Å². The standard InChI is InChI=1S/C30H36NO.C10H14.ClH.Ru/c1-29-16-14-23(32)19-22(29)10-11-24-26-13-12-25(30(26,2)17-15-27(24)29)20-6-8-21(9-7-20)28-5-3-4-18-31-28;1-8(2)10-6-4-9(3)5-7-10;;/h3-8,12,18,22-24,26-27,32H,10-11,13-17,19H2,1-2H3;4-8H,1-3H3;1H;/q-1;;;+2/p-1/t22-,23-,24-,26-,27-,29-,30+;;;/m0.../s1. The molecule has 0 bridgehead atoms. The summed E-state index contributed by atoms with van der Waals surface area (Å²) in [7, 11) is 4.57. The molecule has 236 valence electrons. The molecule has 7 rings (SSSR count). The van der Waals surface area contributed by atoms with Gasteiger partial charge in [-0.05, 0) is 116 Å². The minimum atomic E-state index is -0.0523. The molecule has 2 nitrogen and oxygen atoms in total. The summed E-state index contributed by atoms with van der Waals surface area (Å²) in [6.45, 7) is 11.7. The summed E-state index contributed by atoms with van der Waals surface area (Å²) >= 11 is 1.82. The van der Waals surface area contributed by atoms with E-state index in [9.17, 15) is 5.11 Å². The second-order valence-corrected chi connectivity index (χ2v) is 14.7. The predicted molar refractivity (Wildman–Crippen MR) is 181 cm³/mol. The maximum atomic E-state index is 10.3. The molecule has 0 saturated heterocycles. The summed E-state index contributed by atoms with van der Waals surface area (Å²) in [5.74, 6) is 3.85. The number of hydrogen-bond donors (Lipinski definition) is 1. The van der Waals surface area contributed by atoms with Gasteiger partial charge in [0.2, 0.25) is 0 Å². The van der Waals surface area contributed by atoms with Gasteiger partial charge in [0.25, 0.3) is 0 Å². The third-order valence-electron chi connectivity index (χ3n) is 12.0. The Hall–Kier alpha value is -1.80. The van der Waals surface area contributed by atoms with Crippen LogP contribution in [-0.2, 0) is 17.3 Å². The van der Waals surface area contributed by atoms with Crippen molar-refractivity contribution in [3.63, 3.8) is 0 Å². The van der Waals surface area contributed by atoms with Crippen LogP contribution >= 0.6 is 9.69 Å². The second kappa shape index (κ2) is 14.3. The van der Waals surface area contributed by atoms with E-state index in [-0.39, 0.29) is 6.10 Å². The molecule has 0 spiro atoms. The van der Waals surface area contributed by atoms with Crippen molar-refractivity contribution in [2.75, 3.05) is 0 Å². The fourth-order valence-corrected chi connectivity index (χ4v) is 9.48. The summed E-state index contributed by atoms with van der Waals surface area (Å²) in [4.78, 5) is 4.48. The number of aromatic nitrogens is 1. The quantitative estimate of drug-likeness (QED) is 0.218. The molecule has 4 heteroatoms. The van der Waals surface area contributed by atoms with Gasteiger partial charge in [-0.3, -0.25) is 0 Å². The molecule has 7 atom stereocenters. The Kier molecular flexibility index (Phi) is 10.9. The maximum absolute atomic E-state index is 10.3. The molecule has 1 N–H and O–H groups in total. The number of aryl methyl sites for hydroxylation is 1. The van der Waals surface area contributed by atoms with E-state index in [0.717, 1.165) is 47.8 Å². The summed E-state index contributed by atoms with van der Waals surface area (Å²) in [5.41, 5.74) is 8.49. The van der Waals surface area contributed by atoms with E-state index in [1.54, 1.807) is 5.57 Å². The molecule has 3 aromatic rings. The summed E-state index contributed by atoms with van der Waals surface area (Å²) < 4.78 is 0. The van der Waals surface area contributed by atoms with Crippen molar-refractivity contribution in [2.45, 2.75) is 98.0 Å². The molecule has 3 fully saturated rings. The first-order chi connectivity index (χ1) is 21.2. The molecule has 1 heterocycles. The number of nitrogens with zero attached hydrogens (tertiary/aromatic N) is 1. The molecule has 2 aromatic carbocycles. The number of rotatable bonds is 3. The third kappa shape index (κ3) is 6.68. The number of aliphatic hydroxyl groups is 1. The fourth-order valence-electron chi connectivity index (χ4n) is 9.48. The van der Waals surface area contributed by atoms with Crippen molar-refractivity contribution in [1.82, 2.24) is 4.98 Å². The number of halogens is 1. The van der Waals surface area contributed by atoms with Crippen LogP contribution in [0.4, 0.5) is 0 Å². The molecule has 0 aliphatic heterocycles. The van der Waals surface area contributed by atoms with Crippen molar-refractivity contribution in [3.8, 4) is 11.3 Å². The van der Waals surface area contributed by atoms with Gasteiger partial charge >= 0.3 is 27.0 Å². The van der Waals surface area contributed by atoms with Crippen LogP contribution in [0.3, 0.4) is 0 Å². The van der Waals surface area contributed by atoms with Gasteiger partial charge in [-0.2, -0.15) is 0 Å². The van der Waals surface area contributed by atoms with Crippen molar-refractivity contribution in [2.24, 2.45) is 34.5 Å². The van der Waals surface area contributed by atoms with E-state index in [1.807, 2.05) is 35.6 Å². The minimum absolute atomic E-state index is 0.0523. The zero-order valence-electron chi connectivity index (χ0n) is 27.2. The zero-order valence-corrected chi connectivity index (χ0v) is 29.7. The van der Waals surface area contributed by atoms with Crippen molar-refractivity contribution < 1.29 is 22.4 Å². The Morgan fingerprint density at radius 1 is 0.932 bits per heavy atom. The Morgan fingerprint density at radius 2 is 1.70 bits per heavy atom. The van der Waals surface area contributed by atoms with E-state index >= 15 is 0 Å². The average Bonchev–Trinajstić information content (AvgIpc) is 3.40. The number of benzene rings is 2. The van der Waals surface area contributed by atoms with E-state index in [2.05, 4.69) is 110 Å². The first-order valence-electron chi connectivity index (χ1n) is 16.7. The number of pyridine rings is 1. The number of fused-ring (bicyclic) bond motifs is 5. The molecular formula is C40H50ClNORu.